The highest BCUT2D eigenvalue weighted by Crippen LogP contribution is 2.66. The molecule has 1 saturated heterocycles. The first-order valence-corrected chi connectivity index (χ1v) is 10.7. The van der Waals surface area contributed by atoms with Crippen LogP contribution >= 0.6 is 0 Å². The van der Waals surface area contributed by atoms with Gasteiger partial charge in [0.15, 0.2) is 0 Å². The number of fused-ring (bicyclic) bond motifs is 2. The molecule has 0 radical (unpaired) electrons. The second-order valence-electron chi connectivity index (χ2n) is 9.71. The maximum absolute atomic E-state index is 10.5. The lowest BCUT2D eigenvalue weighted by Gasteiger charge is -2.39. The first-order chi connectivity index (χ1) is 12.9. The largest absolute Gasteiger partial charge is 0.389 e. The molecule has 0 aromatic heterocycles. The molecule has 0 amide bonds. The summed E-state index contributed by atoms with van der Waals surface area (Å²) in [5.41, 5.74) is 1.95. The van der Waals surface area contributed by atoms with E-state index in [4.69, 9.17) is 4.74 Å². The van der Waals surface area contributed by atoms with E-state index in [1.54, 1.807) is 0 Å². The summed E-state index contributed by atoms with van der Waals surface area (Å²) in [6.07, 6.45) is 3.71. The molecule has 1 N–H and O–H groups in total. The maximum Gasteiger partial charge on any atom is 0.0900 e. The quantitative estimate of drug-likeness (QED) is 0.830. The molecule has 4 nitrogen and oxygen atoms in total. The Labute approximate surface area is 164 Å². The van der Waals surface area contributed by atoms with Gasteiger partial charge in [-0.3, -0.25) is 4.90 Å². The second-order valence-corrected chi connectivity index (χ2v) is 9.71. The van der Waals surface area contributed by atoms with Crippen molar-refractivity contribution in [2.75, 3.05) is 44.2 Å². The third-order valence-electron chi connectivity index (χ3n) is 8.17. The molecule has 1 heterocycles. The molecule has 4 rings (SSSR count). The van der Waals surface area contributed by atoms with Gasteiger partial charge in [0.25, 0.3) is 0 Å². The summed E-state index contributed by atoms with van der Waals surface area (Å²) < 4.78 is 6.28. The van der Waals surface area contributed by atoms with Crippen molar-refractivity contribution < 1.29 is 9.84 Å². The molecule has 3 aliphatic rings. The Kier molecular flexibility index (Phi) is 5.26. The minimum atomic E-state index is -0.390. The van der Waals surface area contributed by atoms with E-state index in [0.29, 0.717) is 18.1 Å². The Balaban J connectivity index is 1.21. The van der Waals surface area contributed by atoms with Crippen LogP contribution in [0.25, 0.3) is 0 Å². The van der Waals surface area contributed by atoms with Gasteiger partial charge in [-0.1, -0.05) is 39.0 Å². The fourth-order valence-corrected chi connectivity index (χ4v) is 5.79. The highest BCUT2D eigenvalue weighted by molar-refractivity contribution is 5.46. The lowest BCUT2D eigenvalue weighted by Crippen LogP contribution is -2.49. The molecule has 2 bridgehead atoms. The number of β-amino-alcohol motifs (C(OH)–C–C–N with tert-alkyl or cyclic N) is 1. The first kappa shape index (κ1) is 19.2. The monoisotopic (exact) mass is 372 g/mol. The van der Waals surface area contributed by atoms with Crippen molar-refractivity contribution in [3.05, 3.63) is 30.3 Å². The van der Waals surface area contributed by atoms with Gasteiger partial charge >= 0.3 is 0 Å². The van der Waals surface area contributed by atoms with E-state index >= 15 is 0 Å². The summed E-state index contributed by atoms with van der Waals surface area (Å²) in [6.45, 7) is 12.5. The highest BCUT2D eigenvalue weighted by Gasteiger charge is 2.61. The van der Waals surface area contributed by atoms with Crippen molar-refractivity contribution >= 4 is 5.69 Å². The molecular formula is C23H36N2O2. The van der Waals surface area contributed by atoms with Crippen LogP contribution in [0.4, 0.5) is 5.69 Å². The average molecular weight is 373 g/mol. The molecule has 1 aliphatic heterocycles. The van der Waals surface area contributed by atoms with Crippen LogP contribution in [-0.4, -0.2) is 61.5 Å². The fourth-order valence-electron chi connectivity index (χ4n) is 5.79. The Morgan fingerprint density at radius 2 is 1.81 bits per heavy atom. The highest BCUT2D eigenvalue weighted by atomic mass is 16.5. The molecule has 0 spiro atoms. The van der Waals surface area contributed by atoms with E-state index in [0.717, 1.165) is 38.6 Å². The van der Waals surface area contributed by atoms with Crippen molar-refractivity contribution in [2.45, 2.75) is 52.2 Å². The van der Waals surface area contributed by atoms with Gasteiger partial charge in [0, 0.05) is 38.4 Å². The normalized spacial score (nSPS) is 34.1. The summed E-state index contributed by atoms with van der Waals surface area (Å²) in [7, 11) is 0. The van der Waals surface area contributed by atoms with Gasteiger partial charge in [0.05, 0.1) is 18.8 Å². The van der Waals surface area contributed by atoms with Gasteiger partial charge < -0.3 is 14.7 Å². The van der Waals surface area contributed by atoms with Gasteiger partial charge in [-0.25, -0.2) is 0 Å². The number of aliphatic hydroxyl groups excluding tert-OH is 1. The van der Waals surface area contributed by atoms with Crippen LogP contribution < -0.4 is 4.90 Å². The molecule has 4 atom stereocenters. The summed E-state index contributed by atoms with van der Waals surface area (Å²) in [4.78, 5) is 4.80. The van der Waals surface area contributed by atoms with Crippen LogP contribution in [0.1, 0.15) is 40.0 Å². The fraction of sp³-hybridized carbons (Fsp3) is 0.739. The molecule has 4 heteroatoms. The van der Waals surface area contributed by atoms with Crippen LogP contribution in [0.3, 0.4) is 0 Å². The van der Waals surface area contributed by atoms with Crippen molar-refractivity contribution in [2.24, 2.45) is 16.7 Å². The van der Waals surface area contributed by atoms with Crippen molar-refractivity contribution in [1.82, 2.24) is 4.90 Å². The predicted molar refractivity (Wildman–Crippen MR) is 110 cm³/mol. The Hall–Kier alpha value is -1.10. The number of aliphatic hydroxyl groups is 1. The van der Waals surface area contributed by atoms with E-state index in [-0.39, 0.29) is 11.5 Å². The lowest BCUT2D eigenvalue weighted by molar-refractivity contribution is -0.0794. The maximum atomic E-state index is 10.5. The summed E-state index contributed by atoms with van der Waals surface area (Å²) in [5, 5.41) is 10.5. The summed E-state index contributed by atoms with van der Waals surface area (Å²) in [5.74, 6) is 0.788. The molecule has 3 fully saturated rings. The van der Waals surface area contributed by atoms with Gasteiger partial charge in [0.1, 0.15) is 0 Å². The molecular weight excluding hydrogens is 336 g/mol. The number of benzene rings is 1. The predicted octanol–water partition coefficient (Wildman–Crippen LogP) is 3.40. The standard InChI is InChI=1S/C23H36N2O2/c1-22(2)18-9-10-23(22,3)21(15-18)27-17-20(26)16-24-11-13-25(14-12-24)19-7-5-4-6-8-19/h4-8,18,20-21,26H,9-17H2,1-3H3. The van der Waals surface area contributed by atoms with E-state index < -0.39 is 0 Å². The van der Waals surface area contributed by atoms with E-state index in [9.17, 15) is 5.11 Å². The smallest absolute Gasteiger partial charge is 0.0900 e. The molecule has 150 valence electrons. The van der Waals surface area contributed by atoms with Gasteiger partial charge in [-0.2, -0.15) is 0 Å². The number of para-hydroxylation sites is 1. The number of ether oxygens (including phenoxy) is 1. The van der Waals surface area contributed by atoms with Crippen LogP contribution in [0, 0.1) is 16.7 Å². The molecule has 4 unspecified atom stereocenters. The van der Waals surface area contributed by atoms with Crippen molar-refractivity contribution in [3.63, 3.8) is 0 Å². The molecule has 1 aromatic rings. The van der Waals surface area contributed by atoms with E-state index in [1.165, 1.54) is 24.9 Å². The minimum absolute atomic E-state index is 0.276. The third kappa shape index (κ3) is 3.52. The molecule has 2 aliphatic carbocycles. The number of anilines is 1. The summed E-state index contributed by atoms with van der Waals surface area (Å²) >= 11 is 0. The van der Waals surface area contributed by atoms with Crippen LogP contribution in [0.15, 0.2) is 30.3 Å². The SMILES string of the molecule is CC1(C)C2CCC1(C)C(OCC(O)CN1CCN(c3ccccc3)CC1)C2. The number of rotatable bonds is 6. The van der Waals surface area contributed by atoms with Crippen molar-refractivity contribution in [1.29, 1.82) is 0 Å². The van der Waals surface area contributed by atoms with Crippen molar-refractivity contribution in [3.8, 4) is 0 Å². The molecule has 1 aromatic carbocycles. The second kappa shape index (κ2) is 7.38. The van der Waals surface area contributed by atoms with Gasteiger partial charge in [0.2, 0.25) is 0 Å². The Morgan fingerprint density at radius 3 is 2.41 bits per heavy atom. The lowest BCUT2D eigenvalue weighted by atomic mass is 9.70. The van der Waals surface area contributed by atoms with Crippen LogP contribution in [0.2, 0.25) is 0 Å². The van der Waals surface area contributed by atoms with E-state index in [1.807, 2.05) is 0 Å². The zero-order valence-corrected chi connectivity index (χ0v) is 17.2. The van der Waals surface area contributed by atoms with Crippen LogP contribution in [0.5, 0.6) is 0 Å². The van der Waals surface area contributed by atoms with Crippen LogP contribution in [-0.2, 0) is 4.74 Å². The number of hydrogen-bond donors (Lipinski definition) is 1. The number of nitrogens with zero attached hydrogens (tertiary/aromatic N) is 2. The summed E-state index contributed by atoms with van der Waals surface area (Å²) in [6, 6.07) is 10.6. The van der Waals surface area contributed by atoms with E-state index in [2.05, 4.69) is 60.9 Å². The number of hydrogen-bond acceptors (Lipinski definition) is 4. The Morgan fingerprint density at radius 1 is 1.11 bits per heavy atom. The molecule has 27 heavy (non-hydrogen) atoms. The minimum Gasteiger partial charge on any atom is -0.389 e. The zero-order valence-electron chi connectivity index (χ0n) is 17.2. The van der Waals surface area contributed by atoms with Gasteiger partial charge in [-0.15, -0.1) is 0 Å². The van der Waals surface area contributed by atoms with Gasteiger partial charge in [-0.05, 0) is 48.1 Å². The topological polar surface area (TPSA) is 35.9 Å². The third-order valence-corrected chi connectivity index (χ3v) is 8.17. The average Bonchev–Trinajstić information content (AvgIpc) is 3.01. The number of piperazine rings is 1. The first-order valence-electron chi connectivity index (χ1n) is 10.7. The molecule has 2 saturated carbocycles. The zero-order chi connectivity index (χ0) is 19.1. The Bertz CT molecular complexity index is 627.